The number of imide groups is 1. The number of benzene rings is 1. The van der Waals surface area contributed by atoms with Crippen LogP contribution in [0.4, 0.5) is 0 Å². The van der Waals surface area contributed by atoms with Crippen LogP contribution in [-0.4, -0.2) is 48.6 Å². The third-order valence-corrected chi connectivity index (χ3v) is 5.73. The molecule has 0 bridgehead atoms. The quantitative estimate of drug-likeness (QED) is 0.651. The lowest BCUT2D eigenvalue weighted by Gasteiger charge is -2.29. The average Bonchev–Trinajstić information content (AvgIpc) is 3.33. The summed E-state index contributed by atoms with van der Waals surface area (Å²) in [5.41, 5.74) is 5.56. The fraction of sp³-hybridized carbons (Fsp3) is 0.273. The Morgan fingerprint density at radius 1 is 1.13 bits per heavy atom. The number of aromatic nitrogens is 4. The van der Waals surface area contributed by atoms with Crippen LogP contribution in [0.5, 0.6) is 0 Å². The van der Waals surface area contributed by atoms with Crippen molar-refractivity contribution in [1.82, 2.24) is 30.2 Å². The van der Waals surface area contributed by atoms with E-state index in [0.717, 1.165) is 22.4 Å². The number of fused-ring (bicyclic) bond motifs is 1. The molecular weight excluding hydrogens is 396 g/mol. The molecule has 1 N–H and O–H groups in total. The minimum Gasteiger partial charge on any atom is -0.322 e. The molecule has 1 unspecified atom stereocenters. The molecule has 2 aliphatic heterocycles. The number of pyridine rings is 1. The summed E-state index contributed by atoms with van der Waals surface area (Å²) in [4.78, 5) is 42.6. The molecule has 4 heterocycles. The minimum atomic E-state index is -0.630. The topological polar surface area (TPSA) is 110 Å². The van der Waals surface area contributed by atoms with E-state index >= 15 is 0 Å². The molecule has 1 fully saturated rings. The highest BCUT2D eigenvalue weighted by molar-refractivity contribution is 6.05. The van der Waals surface area contributed by atoms with E-state index in [1.165, 1.54) is 4.90 Å². The second-order valence-corrected chi connectivity index (χ2v) is 7.97. The van der Waals surface area contributed by atoms with Gasteiger partial charge in [-0.05, 0) is 49.1 Å². The Hall–Kier alpha value is -3.88. The van der Waals surface area contributed by atoms with Crippen LogP contribution >= 0.6 is 0 Å². The lowest BCUT2D eigenvalue weighted by molar-refractivity contribution is -0.136. The van der Waals surface area contributed by atoms with Gasteiger partial charge in [-0.3, -0.25) is 24.7 Å². The number of aryl methyl sites for hydroxylation is 2. The van der Waals surface area contributed by atoms with Gasteiger partial charge in [-0.15, -0.1) is 5.10 Å². The monoisotopic (exact) mass is 416 g/mol. The first kappa shape index (κ1) is 19.1. The van der Waals surface area contributed by atoms with Gasteiger partial charge in [0.05, 0.1) is 17.6 Å². The molecule has 0 aliphatic carbocycles. The summed E-state index contributed by atoms with van der Waals surface area (Å²) in [5.74, 6) is -0.935. The van der Waals surface area contributed by atoms with Gasteiger partial charge >= 0.3 is 0 Å². The van der Waals surface area contributed by atoms with Crippen LogP contribution in [0.15, 0.2) is 36.7 Å². The van der Waals surface area contributed by atoms with Crippen LogP contribution in [0.3, 0.4) is 0 Å². The third kappa shape index (κ3) is 3.27. The maximum absolute atomic E-state index is 13.0. The zero-order chi connectivity index (χ0) is 21.7. The van der Waals surface area contributed by atoms with E-state index in [0.29, 0.717) is 29.9 Å². The fourth-order valence-electron chi connectivity index (χ4n) is 4.17. The molecule has 0 spiro atoms. The van der Waals surface area contributed by atoms with Gasteiger partial charge in [-0.25, -0.2) is 4.68 Å². The second-order valence-electron chi connectivity index (χ2n) is 7.97. The Balaban J connectivity index is 1.42. The van der Waals surface area contributed by atoms with Crippen molar-refractivity contribution in [3.05, 3.63) is 58.9 Å². The van der Waals surface area contributed by atoms with Crippen molar-refractivity contribution in [2.45, 2.75) is 39.3 Å². The van der Waals surface area contributed by atoms with E-state index in [-0.39, 0.29) is 18.2 Å². The number of carbonyl (C=O) groups excluding carboxylic acids is 3. The van der Waals surface area contributed by atoms with Crippen LogP contribution in [0, 0.1) is 13.8 Å². The summed E-state index contributed by atoms with van der Waals surface area (Å²) in [5, 5.41) is 10.8. The fourth-order valence-corrected chi connectivity index (χ4v) is 4.17. The highest BCUT2D eigenvalue weighted by Crippen LogP contribution is 2.29. The molecule has 9 nitrogen and oxygen atoms in total. The summed E-state index contributed by atoms with van der Waals surface area (Å²) in [6.07, 6.45) is 4.14. The molecular formula is C22H20N6O3. The standard InChI is InChI=1S/C22H20N6O3/c1-12-7-13(2)20(23-9-12)17-11-28(26-25-17)15-4-3-14-10-27(22(31)16(14)8-15)18-5-6-19(29)24-21(18)30/h3-4,7-9,11,18H,5-6,10H2,1-2H3,(H,24,29,30). The molecule has 0 radical (unpaired) electrons. The minimum absolute atomic E-state index is 0.220. The number of nitrogens with zero attached hydrogens (tertiary/aromatic N) is 5. The van der Waals surface area contributed by atoms with Crippen LogP contribution in [-0.2, 0) is 16.1 Å². The summed E-state index contributed by atoms with van der Waals surface area (Å²) in [7, 11) is 0. The van der Waals surface area contributed by atoms with E-state index in [9.17, 15) is 14.4 Å². The predicted molar refractivity (Wildman–Crippen MR) is 110 cm³/mol. The van der Waals surface area contributed by atoms with Crippen LogP contribution in [0.2, 0.25) is 0 Å². The van der Waals surface area contributed by atoms with Crippen LogP contribution in [0.25, 0.3) is 17.1 Å². The van der Waals surface area contributed by atoms with E-state index in [4.69, 9.17) is 0 Å². The van der Waals surface area contributed by atoms with Crippen LogP contribution < -0.4 is 5.32 Å². The molecule has 3 aromatic rings. The Kier molecular flexibility index (Phi) is 4.39. The SMILES string of the molecule is Cc1cnc(-c2cn(-c3ccc4c(c3)C(=O)N(C3CCC(=O)NC3=O)C4)nn2)c(C)c1. The molecule has 1 aromatic carbocycles. The first-order valence-electron chi connectivity index (χ1n) is 10.0. The lowest BCUT2D eigenvalue weighted by atomic mass is 10.0. The second kappa shape index (κ2) is 7.12. The van der Waals surface area contributed by atoms with Crippen molar-refractivity contribution in [3.8, 4) is 17.1 Å². The largest absolute Gasteiger partial charge is 0.322 e. The summed E-state index contributed by atoms with van der Waals surface area (Å²) < 4.78 is 1.61. The molecule has 3 amide bonds. The zero-order valence-corrected chi connectivity index (χ0v) is 17.1. The number of piperidine rings is 1. The molecule has 156 valence electrons. The van der Waals surface area contributed by atoms with Gasteiger partial charge in [0.25, 0.3) is 5.91 Å². The third-order valence-electron chi connectivity index (χ3n) is 5.73. The smallest absolute Gasteiger partial charge is 0.255 e. The summed E-state index contributed by atoms with van der Waals surface area (Å²) >= 11 is 0. The highest BCUT2D eigenvalue weighted by Gasteiger charge is 2.39. The number of rotatable bonds is 3. The van der Waals surface area contributed by atoms with Crippen molar-refractivity contribution < 1.29 is 14.4 Å². The molecule has 9 heteroatoms. The van der Waals surface area contributed by atoms with Crippen LogP contribution in [0.1, 0.15) is 39.9 Å². The van der Waals surface area contributed by atoms with Gasteiger partial charge in [0, 0.05) is 24.7 Å². The predicted octanol–water partition coefficient (Wildman–Crippen LogP) is 1.71. The molecule has 31 heavy (non-hydrogen) atoms. The van der Waals surface area contributed by atoms with Gasteiger partial charge in [-0.2, -0.15) is 0 Å². The van der Waals surface area contributed by atoms with Crippen molar-refractivity contribution in [1.29, 1.82) is 0 Å². The molecule has 0 saturated carbocycles. The number of carbonyl (C=O) groups is 3. The van der Waals surface area contributed by atoms with Gasteiger partial charge in [-0.1, -0.05) is 17.3 Å². The van der Waals surface area contributed by atoms with Crippen molar-refractivity contribution in [2.75, 3.05) is 0 Å². The Morgan fingerprint density at radius 2 is 1.97 bits per heavy atom. The van der Waals surface area contributed by atoms with Crippen molar-refractivity contribution in [3.63, 3.8) is 0 Å². The maximum atomic E-state index is 13.0. The molecule has 2 aliphatic rings. The molecule has 1 atom stereocenters. The van der Waals surface area contributed by atoms with Gasteiger partial charge in [0.1, 0.15) is 11.7 Å². The molecule has 1 saturated heterocycles. The lowest BCUT2D eigenvalue weighted by Crippen LogP contribution is -2.52. The van der Waals surface area contributed by atoms with Gasteiger partial charge in [0.15, 0.2) is 0 Å². The first-order chi connectivity index (χ1) is 14.9. The Morgan fingerprint density at radius 3 is 2.74 bits per heavy atom. The average molecular weight is 416 g/mol. The number of nitrogens with one attached hydrogen (secondary N) is 1. The van der Waals surface area contributed by atoms with E-state index in [1.807, 2.05) is 32.0 Å². The number of amides is 3. The number of hydrogen-bond acceptors (Lipinski definition) is 6. The Bertz CT molecular complexity index is 1250. The molecule has 2 aromatic heterocycles. The molecule has 5 rings (SSSR count). The summed E-state index contributed by atoms with van der Waals surface area (Å²) in [6.45, 7) is 4.31. The normalized spacial score (nSPS) is 18.3. The van der Waals surface area contributed by atoms with Gasteiger partial charge in [0.2, 0.25) is 11.8 Å². The van der Waals surface area contributed by atoms with E-state index in [1.54, 1.807) is 23.1 Å². The maximum Gasteiger partial charge on any atom is 0.255 e. The zero-order valence-electron chi connectivity index (χ0n) is 17.1. The Labute approximate surface area is 178 Å². The van der Waals surface area contributed by atoms with E-state index < -0.39 is 11.9 Å². The van der Waals surface area contributed by atoms with Gasteiger partial charge < -0.3 is 4.90 Å². The van der Waals surface area contributed by atoms with Crippen molar-refractivity contribution in [2.24, 2.45) is 0 Å². The first-order valence-corrected chi connectivity index (χ1v) is 10.0. The number of hydrogen-bond donors (Lipinski definition) is 1. The highest BCUT2D eigenvalue weighted by atomic mass is 16.2. The van der Waals surface area contributed by atoms with E-state index in [2.05, 4.69) is 20.6 Å². The van der Waals surface area contributed by atoms with Crippen molar-refractivity contribution >= 4 is 17.7 Å². The summed E-state index contributed by atoms with van der Waals surface area (Å²) in [6, 6.07) is 6.91.